The standard InChI is InChI=1S/C26H29N2O/c1-2-20-18-28-14-12-21(20)16-25(28)26(29)23-13-15-27(17-19-8-4-3-5-9-19)24-11-7-6-10-22(23)24/h2-11,13,15,20-21,25-26,29H,1,12,14,16-18H2/q+1/t20-,21+,25+,26+/m0/s1. The van der Waals surface area contributed by atoms with Crippen LogP contribution in [0, 0.1) is 11.8 Å². The summed E-state index contributed by atoms with van der Waals surface area (Å²) in [6.07, 6.45) is 6.08. The van der Waals surface area contributed by atoms with Crippen LogP contribution in [0.3, 0.4) is 0 Å². The molecule has 6 rings (SSSR count). The van der Waals surface area contributed by atoms with Crippen molar-refractivity contribution in [2.45, 2.75) is 31.5 Å². The molecule has 3 fully saturated rings. The molecule has 4 heterocycles. The lowest BCUT2D eigenvalue weighted by molar-refractivity contribution is -0.662. The van der Waals surface area contributed by atoms with Gasteiger partial charge < -0.3 is 5.11 Å². The van der Waals surface area contributed by atoms with Gasteiger partial charge in [0.1, 0.15) is 0 Å². The van der Waals surface area contributed by atoms with Crippen LogP contribution in [0.25, 0.3) is 10.9 Å². The van der Waals surface area contributed by atoms with E-state index in [-0.39, 0.29) is 6.04 Å². The third-order valence-electron chi connectivity index (χ3n) is 6.99. The molecular formula is C26H29N2O+. The van der Waals surface area contributed by atoms with E-state index in [0.717, 1.165) is 37.0 Å². The highest BCUT2D eigenvalue weighted by Crippen LogP contribution is 2.41. The molecule has 1 N–H and O–H groups in total. The lowest BCUT2D eigenvalue weighted by Crippen LogP contribution is -2.54. The van der Waals surface area contributed by atoms with E-state index in [4.69, 9.17) is 0 Å². The molecule has 3 aliphatic heterocycles. The Labute approximate surface area is 172 Å². The molecule has 0 aliphatic carbocycles. The number of pyridine rings is 1. The lowest BCUT2D eigenvalue weighted by atomic mass is 9.73. The molecule has 1 aromatic heterocycles. The van der Waals surface area contributed by atoms with Crippen LogP contribution in [0.4, 0.5) is 0 Å². The van der Waals surface area contributed by atoms with Crippen LogP contribution in [0.2, 0.25) is 0 Å². The molecule has 2 bridgehead atoms. The van der Waals surface area contributed by atoms with Gasteiger partial charge in [0.05, 0.1) is 11.5 Å². The van der Waals surface area contributed by atoms with Gasteiger partial charge >= 0.3 is 0 Å². The average molecular weight is 386 g/mol. The zero-order valence-corrected chi connectivity index (χ0v) is 16.8. The molecule has 3 nitrogen and oxygen atoms in total. The molecular weight excluding hydrogens is 356 g/mol. The maximum Gasteiger partial charge on any atom is 0.213 e. The van der Waals surface area contributed by atoms with Gasteiger partial charge in [0, 0.05) is 35.8 Å². The highest BCUT2D eigenvalue weighted by Gasteiger charge is 2.42. The number of fused-ring (bicyclic) bond motifs is 4. The van der Waals surface area contributed by atoms with Gasteiger partial charge in [-0.2, -0.15) is 4.57 Å². The number of aliphatic hydroxyl groups excluding tert-OH is 1. The number of hydrogen-bond donors (Lipinski definition) is 1. The molecule has 3 heteroatoms. The van der Waals surface area contributed by atoms with E-state index in [1.807, 2.05) is 0 Å². The van der Waals surface area contributed by atoms with E-state index in [1.54, 1.807) is 0 Å². The highest BCUT2D eigenvalue weighted by atomic mass is 16.3. The van der Waals surface area contributed by atoms with Crippen molar-refractivity contribution in [1.29, 1.82) is 0 Å². The topological polar surface area (TPSA) is 27.3 Å². The van der Waals surface area contributed by atoms with Gasteiger partial charge in [0.25, 0.3) is 0 Å². The number of aromatic nitrogens is 1. The van der Waals surface area contributed by atoms with E-state index >= 15 is 0 Å². The van der Waals surface area contributed by atoms with Crippen molar-refractivity contribution in [2.24, 2.45) is 11.8 Å². The molecule has 3 aromatic rings. The van der Waals surface area contributed by atoms with Crippen LogP contribution >= 0.6 is 0 Å². The Morgan fingerprint density at radius 2 is 1.90 bits per heavy atom. The summed E-state index contributed by atoms with van der Waals surface area (Å²) in [7, 11) is 0. The zero-order valence-electron chi connectivity index (χ0n) is 16.8. The maximum absolute atomic E-state index is 11.4. The number of benzene rings is 2. The molecule has 0 amide bonds. The van der Waals surface area contributed by atoms with Gasteiger partial charge in [0.2, 0.25) is 5.52 Å². The first-order valence-electron chi connectivity index (χ1n) is 10.7. The Morgan fingerprint density at radius 1 is 1.10 bits per heavy atom. The van der Waals surface area contributed by atoms with E-state index in [2.05, 4.69) is 89.0 Å². The van der Waals surface area contributed by atoms with Crippen molar-refractivity contribution >= 4 is 10.9 Å². The second-order valence-corrected chi connectivity index (χ2v) is 8.59. The number of piperidine rings is 3. The van der Waals surface area contributed by atoms with Gasteiger partial charge in [-0.25, -0.2) is 0 Å². The van der Waals surface area contributed by atoms with Gasteiger partial charge in [-0.05, 0) is 37.3 Å². The third-order valence-corrected chi connectivity index (χ3v) is 6.99. The highest BCUT2D eigenvalue weighted by molar-refractivity contribution is 5.79. The number of hydrogen-bond acceptors (Lipinski definition) is 2. The van der Waals surface area contributed by atoms with Gasteiger partial charge in [-0.1, -0.05) is 48.5 Å². The van der Waals surface area contributed by atoms with Crippen LogP contribution in [-0.2, 0) is 6.54 Å². The van der Waals surface area contributed by atoms with Crippen molar-refractivity contribution in [3.63, 3.8) is 0 Å². The van der Waals surface area contributed by atoms with Crippen molar-refractivity contribution in [2.75, 3.05) is 13.1 Å². The Morgan fingerprint density at radius 3 is 2.66 bits per heavy atom. The lowest BCUT2D eigenvalue weighted by Gasteiger charge is -2.50. The quantitative estimate of drug-likeness (QED) is 0.529. The molecule has 2 aromatic carbocycles. The molecule has 1 unspecified atom stereocenters. The van der Waals surface area contributed by atoms with Crippen LogP contribution in [0.15, 0.2) is 79.5 Å². The molecule has 0 spiro atoms. The van der Waals surface area contributed by atoms with Crippen molar-refractivity contribution in [3.8, 4) is 0 Å². The summed E-state index contributed by atoms with van der Waals surface area (Å²) < 4.78 is 2.28. The SMILES string of the molecule is C=C[C@H]1CN2CC[C@@H]1C[C@@H]2[C@H](O)c1cc[n+](Cc2ccccc2)c2ccccc12. The van der Waals surface area contributed by atoms with Crippen molar-refractivity contribution < 1.29 is 9.67 Å². The second-order valence-electron chi connectivity index (χ2n) is 8.59. The molecule has 148 valence electrons. The summed E-state index contributed by atoms with van der Waals surface area (Å²) in [4.78, 5) is 2.48. The van der Waals surface area contributed by atoms with E-state index in [9.17, 15) is 5.11 Å². The largest absolute Gasteiger partial charge is 0.387 e. The molecule has 5 atom stereocenters. The van der Waals surface area contributed by atoms with Gasteiger partial charge in [-0.15, -0.1) is 6.58 Å². The minimum atomic E-state index is -0.458. The number of rotatable bonds is 5. The number of aliphatic hydroxyl groups is 1. The fraction of sp³-hybridized carbons (Fsp3) is 0.346. The summed E-state index contributed by atoms with van der Waals surface area (Å²) in [5.41, 5.74) is 3.51. The first-order chi connectivity index (χ1) is 14.2. The summed E-state index contributed by atoms with van der Waals surface area (Å²) in [5, 5.41) is 12.6. The normalized spacial score (nSPS) is 27.1. The Balaban J connectivity index is 1.48. The van der Waals surface area contributed by atoms with Crippen LogP contribution in [0.5, 0.6) is 0 Å². The van der Waals surface area contributed by atoms with E-state index in [1.165, 1.54) is 17.5 Å². The summed E-state index contributed by atoms with van der Waals surface area (Å²) in [6, 6.07) is 21.3. The maximum atomic E-state index is 11.4. The molecule has 0 saturated carbocycles. The Hall–Kier alpha value is -2.49. The first kappa shape index (κ1) is 18.5. The van der Waals surface area contributed by atoms with E-state index < -0.39 is 6.10 Å². The van der Waals surface area contributed by atoms with E-state index in [0.29, 0.717) is 11.8 Å². The number of para-hydroxylation sites is 1. The molecule has 3 saturated heterocycles. The van der Waals surface area contributed by atoms with Crippen LogP contribution in [0.1, 0.15) is 30.1 Å². The minimum absolute atomic E-state index is 0.207. The Kier molecular flexibility index (Phi) is 4.94. The Bertz CT molecular complexity index is 1020. The average Bonchev–Trinajstić information content (AvgIpc) is 2.79. The zero-order chi connectivity index (χ0) is 19.8. The smallest absolute Gasteiger partial charge is 0.213 e. The number of nitrogens with zero attached hydrogens (tertiary/aromatic N) is 2. The predicted molar refractivity (Wildman–Crippen MR) is 116 cm³/mol. The first-order valence-corrected chi connectivity index (χ1v) is 10.7. The van der Waals surface area contributed by atoms with Crippen LogP contribution in [-0.4, -0.2) is 29.1 Å². The third kappa shape index (κ3) is 3.39. The summed E-state index contributed by atoms with van der Waals surface area (Å²) in [6.45, 7) is 6.98. The molecule has 3 aliphatic rings. The summed E-state index contributed by atoms with van der Waals surface area (Å²) >= 11 is 0. The van der Waals surface area contributed by atoms with Crippen molar-refractivity contribution in [3.05, 3.63) is 90.6 Å². The van der Waals surface area contributed by atoms with Gasteiger partial charge in [0.15, 0.2) is 12.7 Å². The molecule has 29 heavy (non-hydrogen) atoms. The second kappa shape index (κ2) is 7.74. The van der Waals surface area contributed by atoms with Crippen LogP contribution < -0.4 is 4.57 Å². The predicted octanol–water partition coefficient (Wildman–Crippen LogP) is 4.11. The summed E-state index contributed by atoms with van der Waals surface area (Å²) in [5.74, 6) is 1.24. The van der Waals surface area contributed by atoms with Gasteiger partial charge in [-0.3, -0.25) is 4.90 Å². The minimum Gasteiger partial charge on any atom is -0.387 e. The fourth-order valence-corrected chi connectivity index (χ4v) is 5.40. The monoisotopic (exact) mass is 385 g/mol. The molecule has 0 radical (unpaired) electrons. The fourth-order valence-electron chi connectivity index (χ4n) is 5.40. The van der Waals surface area contributed by atoms with Crippen molar-refractivity contribution in [1.82, 2.24) is 4.90 Å².